The fourth-order valence-corrected chi connectivity index (χ4v) is 32.6. The van der Waals surface area contributed by atoms with Gasteiger partial charge in [0.25, 0.3) is 0 Å². The molecular formula is C30H51NO4SSn. The summed E-state index contributed by atoms with van der Waals surface area (Å²) >= 11 is -3.08. The third-order valence-corrected chi connectivity index (χ3v) is 29.4. The fourth-order valence-electron chi connectivity index (χ4n) is 7.09. The van der Waals surface area contributed by atoms with E-state index in [1.807, 2.05) is 44.7 Å². The summed E-state index contributed by atoms with van der Waals surface area (Å²) in [7, 11) is -3.60. The molecule has 1 aromatic carbocycles. The molecule has 0 radical (unpaired) electrons. The monoisotopic (exact) mass is 641 g/mol. The van der Waals surface area contributed by atoms with Gasteiger partial charge in [0, 0.05) is 0 Å². The molecular weight excluding hydrogens is 589 g/mol. The van der Waals surface area contributed by atoms with E-state index in [1.54, 1.807) is 12.1 Å². The van der Waals surface area contributed by atoms with Gasteiger partial charge in [-0.25, -0.2) is 0 Å². The SMILES string of the molecule is CCC[CH2][Sn]([CH2]CCC)([CH2]CCC)[CH]1C(S(=O)(=O)c2ccc(C)cc2)[C@H]2CC[C@@H]1N2C(=O)OC(C)(C)C. The van der Waals surface area contributed by atoms with Crippen molar-refractivity contribution < 1.29 is 17.9 Å². The van der Waals surface area contributed by atoms with Crippen molar-refractivity contribution in [1.82, 2.24) is 4.90 Å². The first kappa shape index (κ1) is 30.8. The normalized spacial score (nSPS) is 24.0. The molecule has 0 aliphatic carbocycles. The van der Waals surface area contributed by atoms with Crippen molar-refractivity contribution in [1.29, 1.82) is 0 Å². The molecule has 2 saturated heterocycles. The van der Waals surface area contributed by atoms with Gasteiger partial charge in [-0.3, -0.25) is 0 Å². The maximum atomic E-state index is 14.5. The van der Waals surface area contributed by atoms with Crippen molar-refractivity contribution in [2.24, 2.45) is 0 Å². The number of unbranched alkanes of at least 4 members (excludes halogenated alkanes) is 3. The summed E-state index contributed by atoms with van der Waals surface area (Å²) in [5.41, 5.74) is 0.452. The quantitative estimate of drug-likeness (QED) is 0.217. The number of carbonyl (C=O) groups is 1. The maximum absolute atomic E-state index is 14.5. The summed E-state index contributed by atoms with van der Waals surface area (Å²) < 4.78 is 38.8. The first-order valence-electron chi connectivity index (χ1n) is 14.7. The van der Waals surface area contributed by atoms with Crippen LogP contribution in [0.25, 0.3) is 0 Å². The van der Waals surface area contributed by atoms with Crippen molar-refractivity contribution in [2.75, 3.05) is 0 Å². The van der Waals surface area contributed by atoms with Crippen molar-refractivity contribution in [2.45, 2.75) is 145 Å². The van der Waals surface area contributed by atoms with Gasteiger partial charge < -0.3 is 0 Å². The van der Waals surface area contributed by atoms with E-state index >= 15 is 0 Å². The van der Waals surface area contributed by atoms with Crippen LogP contribution in [0.4, 0.5) is 4.79 Å². The third kappa shape index (κ3) is 6.70. The Kier molecular flexibility index (Phi) is 10.5. The standard InChI is InChI=1S/C18H24NO4S.3C4H9.Sn/c1-12-5-8-14(9-6-12)24(21,22)16-11-13-7-10-15(16)19(13)17(20)23-18(2,3)4;3*1-3-4-2;/h5-6,8-9,11,13,15-16H,7,10H2,1-4H3;3*1,3-4H2,2H3;/t13-,15+,16?;;;;/m0..../s1. The van der Waals surface area contributed by atoms with Crippen LogP contribution in [0.5, 0.6) is 0 Å². The average molecular weight is 641 g/mol. The van der Waals surface area contributed by atoms with Crippen molar-refractivity contribution >= 4 is 34.3 Å². The topological polar surface area (TPSA) is 63.7 Å². The molecule has 5 nitrogen and oxygen atoms in total. The third-order valence-electron chi connectivity index (χ3n) is 8.72. The van der Waals surface area contributed by atoms with Gasteiger partial charge in [0.1, 0.15) is 0 Å². The number of ether oxygens (including phenoxy) is 1. The second-order valence-electron chi connectivity index (χ2n) is 12.6. The Morgan fingerprint density at radius 3 is 1.86 bits per heavy atom. The molecule has 2 heterocycles. The molecule has 0 spiro atoms. The Morgan fingerprint density at radius 1 is 0.919 bits per heavy atom. The van der Waals surface area contributed by atoms with Gasteiger partial charge >= 0.3 is 232 Å². The summed E-state index contributed by atoms with van der Waals surface area (Å²) in [5.74, 6) is 0. The number of fused-ring (bicyclic) bond motifs is 2. The molecule has 1 amide bonds. The van der Waals surface area contributed by atoms with Gasteiger partial charge in [-0.2, -0.15) is 0 Å². The number of hydrogen-bond acceptors (Lipinski definition) is 4. The molecule has 0 aromatic heterocycles. The molecule has 210 valence electrons. The Labute approximate surface area is 230 Å². The molecule has 7 heteroatoms. The van der Waals surface area contributed by atoms with Gasteiger partial charge in [-0.1, -0.05) is 0 Å². The van der Waals surface area contributed by atoms with Gasteiger partial charge in [0.15, 0.2) is 0 Å². The number of sulfone groups is 1. The van der Waals surface area contributed by atoms with E-state index in [9.17, 15) is 13.2 Å². The summed E-state index contributed by atoms with van der Waals surface area (Å²) in [6, 6.07) is 7.11. The van der Waals surface area contributed by atoms with Crippen molar-refractivity contribution in [3.63, 3.8) is 0 Å². The molecule has 0 N–H and O–H groups in total. The number of amides is 1. The van der Waals surface area contributed by atoms with Gasteiger partial charge in [-0.05, 0) is 0 Å². The van der Waals surface area contributed by atoms with E-state index in [2.05, 4.69) is 20.8 Å². The van der Waals surface area contributed by atoms with E-state index in [0.29, 0.717) is 4.90 Å². The average Bonchev–Trinajstić information content (AvgIpc) is 3.40. The molecule has 3 rings (SSSR count). The Bertz CT molecular complexity index is 980. The van der Waals surface area contributed by atoms with Crippen LogP contribution in [0.1, 0.15) is 98.5 Å². The molecule has 4 atom stereocenters. The zero-order valence-electron chi connectivity index (χ0n) is 24.4. The number of hydrogen-bond donors (Lipinski definition) is 0. The van der Waals surface area contributed by atoms with Crippen LogP contribution in [-0.4, -0.2) is 60.7 Å². The minimum absolute atomic E-state index is 0.00596. The zero-order valence-corrected chi connectivity index (χ0v) is 28.1. The van der Waals surface area contributed by atoms with Crippen LogP contribution >= 0.6 is 0 Å². The van der Waals surface area contributed by atoms with Crippen LogP contribution in [0.3, 0.4) is 0 Å². The summed E-state index contributed by atoms with van der Waals surface area (Å²) in [4.78, 5) is 16.0. The first-order chi connectivity index (χ1) is 17.4. The first-order valence-corrected chi connectivity index (χ1v) is 24.0. The van der Waals surface area contributed by atoms with Crippen LogP contribution in [0.15, 0.2) is 29.2 Å². The predicted octanol–water partition coefficient (Wildman–Crippen LogP) is 8.14. The Balaban J connectivity index is 2.18. The van der Waals surface area contributed by atoms with E-state index in [-0.39, 0.29) is 22.1 Å². The minimum atomic E-state index is -3.60. The number of benzene rings is 1. The number of nitrogens with zero attached hydrogens (tertiary/aromatic N) is 1. The van der Waals surface area contributed by atoms with Crippen LogP contribution < -0.4 is 0 Å². The van der Waals surface area contributed by atoms with E-state index < -0.39 is 39.1 Å². The molecule has 1 aromatic rings. The van der Waals surface area contributed by atoms with E-state index in [1.165, 1.54) is 32.6 Å². The van der Waals surface area contributed by atoms with Crippen LogP contribution in [0.2, 0.25) is 17.2 Å². The number of carbonyl (C=O) groups excluding carboxylic acids is 1. The molecule has 37 heavy (non-hydrogen) atoms. The number of aryl methyl sites for hydroxylation is 1. The zero-order chi connectivity index (χ0) is 27.4. The van der Waals surface area contributed by atoms with Crippen molar-refractivity contribution in [3.05, 3.63) is 29.8 Å². The Hall–Kier alpha value is -0.761. The summed E-state index contributed by atoms with van der Waals surface area (Å²) in [6.45, 7) is 14.4. The second kappa shape index (κ2) is 12.6. The van der Waals surface area contributed by atoms with Gasteiger partial charge in [0.05, 0.1) is 0 Å². The van der Waals surface area contributed by atoms with E-state index in [4.69, 9.17) is 4.74 Å². The molecule has 0 saturated carbocycles. The summed E-state index contributed by atoms with van der Waals surface area (Å²) in [6.07, 6.45) is 8.33. The van der Waals surface area contributed by atoms with Gasteiger partial charge in [-0.15, -0.1) is 0 Å². The van der Waals surface area contributed by atoms with Crippen LogP contribution in [0, 0.1) is 6.92 Å². The van der Waals surface area contributed by atoms with Crippen molar-refractivity contribution in [3.8, 4) is 0 Å². The van der Waals surface area contributed by atoms with E-state index in [0.717, 1.165) is 37.7 Å². The molecule has 2 aliphatic heterocycles. The molecule has 2 unspecified atom stereocenters. The Morgan fingerprint density at radius 2 is 1.41 bits per heavy atom. The summed E-state index contributed by atoms with van der Waals surface area (Å²) in [5, 5.41) is -0.497. The van der Waals surface area contributed by atoms with Crippen LogP contribution in [-0.2, 0) is 14.6 Å². The molecule has 2 aliphatic rings. The molecule has 2 bridgehead atoms. The molecule has 2 fully saturated rings. The van der Waals surface area contributed by atoms with Gasteiger partial charge in [0.2, 0.25) is 0 Å². The number of rotatable bonds is 12. The predicted molar refractivity (Wildman–Crippen MR) is 156 cm³/mol. The second-order valence-corrected chi connectivity index (χ2v) is 28.7. The fraction of sp³-hybridized carbons (Fsp3) is 0.767.